The number of carbonyl (C=O) groups is 1. The third-order valence-electron chi connectivity index (χ3n) is 4.24. The van der Waals surface area contributed by atoms with Crippen LogP contribution in [0, 0.1) is 5.92 Å². The molecule has 1 aliphatic heterocycles. The first-order valence-corrected chi connectivity index (χ1v) is 8.14. The van der Waals surface area contributed by atoms with E-state index in [1.807, 2.05) is 19.1 Å². The average Bonchev–Trinajstić information content (AvgIpc) is 3.11. The number of Topliss-reactive ketones (excluding diaryl/α,β-unsaturated/α-hetero) is 1. The molecular weight excluding hydrogens is 292 g/mol. The zero-order valence-corrected chi connectivity index (χ0v) is 13.4. The fourth-order valence-corrected chi connectivity index (χ4v) is 2.99. The molecule has 1 fully saturated rings. The Balaban J connectivity index is 1.50. The Morgan fingerprint density at radius 3 is 2.65 bits per heavy atom. The number of likely N-dealkylation sites (tertiary alicyclic amines) is 1. The van der Waals surface area contributed by atoms with Crippen LogP contribution in [0.5, 0.6) is 5.75 Å². The van der Waals surface area contributed by atoms with Gasteiger partial charge >= 0.3 is 0 Å². The van der Waals surface area contributed by atoms with E-state index in [0.717, 1.165) is 38.2 Å². The second kappa shape index (κ2) is 7.42. The van der Waals surface area contributed by atoms with Crippen molar-refractivity contribution in [2.24, 2.45) is 5.92 Å². The minimum absolute atomic E-state index is 0.0326. The average molecular weight is 314 g/mol. The van der Waals surface area contributed by atoms with E-state index in [-0.39, 0.29) is 17.6 Å². The van der Waals surface area contributed by atoms with Gasteiger partial charge in [-0.15, -0.1) is 0 Å². The zero-order chi connectivity index (χ0) is 16.1. The van der Waals surface area contributed by atoms with Crippen LogP contribution < -0.4 is 4.74 Å². The predicted molar refractivity (Wildman–Crippen MR) is 86.4 cm³/mol. The number of carbonyl (C=O) groups excluding carboxylic acids is 1. The maximum absolute atomic E-state index is 12.2. The van der Waals surface area contributed by atoms with Crippen molar-refractivity contribution >= 4 is 5.78 Å². The Bertz CT molecular complexity index is 614. The molecule has 2 aromatic rings. The van der Waals surface area contributed by atoms with Gasteiger partial charge in [0.15, 0.2) is 0 Å². The minimum atomic E-state index is 0.0326. The molecule has 0 N–H and O–H groups in total. The second-order valence-corrected chi connectivity index (χ2v) is 5.83. The van der Waals surface area contributed by atoms with Gasteiger partial charge in [-0.2, -0.15) is 0 Å². The highest BCUT2D eigenvalue weighted by Gasteiger charge is 2.28. The molecule has 1 aliphatic rings. The maximum Gasteiger partial charge on any atom is 0.263 e. The van der Waals surface area contributed by atoms with Gasteiger partial charge in [-0.3, -0.25) is 9.69 Å². The highest BCUT2D eigenvalue weighted by Crippen LogP contribution is 2.23. The van der Waals surface area contributed by atoms with Crippen molar-refractivity contribution < 1.29 is 13.9 Å². The van der Waals surface area contributed by atoms with Crippen molar-refractivity contribution in [1.29, 1.82) is 0 Å². The van der Waals surface area contributed by atoms with Crippen LogP contribution in [-0.4, -0.2) is 35.4 Å². The molecule has 2 heterocycles. The second-order valence-electron chi connectivity index (χ2n) is 5.83. The van der Waals surface area contributed by atoms with Crippen LogP contribution in [0.15, 0.2) is 41.1 Å². The Morgan fingerprint density at radius 1 is 1.30 bits per heavy atom. The molecule has 1 aromatic heterocycles. The van der Waals surface area contributed by atoms with Crippen LogP contribution >= 0.6 is 0 Å². The van der Waals surface area contributed by atoms with E-state index in [0.29, 0.717) is 6.61 Å². The molecule has 0 unspecified atom stereocenters. The van der Waals surface area contributed by atoms with Gasteiger partial charge in [-0.25, -0.2) is 4.98 Å². The van der Waals surface area contributed by atoms with E-state index >= 15 is 0 Å². The number of oxazole rings is 1. The van der Waals surface area contributed by atoms with Crippen LogP contribution in [-0.2, 0) is 6.54 Å². The van der Waals surface area contributed by atoms with Gasteiger partial charge in [0.2, 0.25) is 5.78 Å². The number of hydrogen-bond acceptors (Lipinski definition) is 5. The first-order valence-electron chi connectivity index (χ1n) is 8.14. The standard InChI is InChI=1S/C18H22N2O3/c1-2-22-16-5-3-14(4-6-16)13-20-10-7-15(8-11-20)17(21)18-19-9-12-23-18/h3-6,9,12,15H,2,7-8,10-11,13H2,1H3. The zero-order valence-electron chi connectivity index (χ0n) is 13.4. The van der Waals surface area contributed by atoms with E-state index < -0.39 is 0 Å². The third kappa shape index (κ3) is 3.99. The predicted octanol–water partition coefficient (Wildman–Crippen LogP) is 3.17. The van der Waals surface area contributed by atoms with Gasteiger partial charge in [-0.1, -0.05) is 12.1 Å². The summed E-state index contributed by atoms with van der Waals surface area (Å²) < 4.78 is 10.6. The Hall–Kier alpha value is -2.14. The fourth-order valence-electron chi connectivity index (χ4n) is 2.99. The monoisotopic (exact) mass is 314 g/mol. The summed E-state index contributed by atoms with van der Waals surface area (Å²) in [5, 5.41) is 0. The van der Waals surface area contributed by atoms with E-state index in [9.17, 15) is 4.79 Å². The lowest BCUT2D eigenvalue weighted by molar-refractivity contribution is 0.0799. The summed E-state index contributed by atoms with van der Waals surface area (Å²) in [7, 11) is 0. The van der Waals surface area contributed by atoms with Crippen LogP contribution in [0.4, 0.5) is 0 Å². The fraction of sp³-hybridized carbons (Fsp3) is 0.444. The molecule has 5 heteroatoms. The molecule has 0 spiro atoms. The molecule has 0 atom stereocenters. The van der Waals surface area contributed by atoms with Crippen LogP contribution in [0.3, 0.4) is 0 Å². The van der Waals surface area contributed by atoms with Crippen LogP contribution in [0.25, 0.3) is 0 Å². The summed E-state index contributed by atoms with van der Waals surface area (Å²) in [6.45, 7) is 5.42. The van der Waals surface area contributed by atoms with Gasteiger partial charge in [-0.05, 0) is 50.6 Å². The lowest BCUT2D eigenvalue weighted by Crippen LogP contribution is -2.36. The molecule has 0 radical (unpaired) electrons. The molecule has 5 nitrogen and oxygen atoms in total. The van der Waals surface area contributed by atoms with Gasteiger partial charge < -0.3 is 9.15 Å². The molecular formula is C18H22N2O3. The number of piperidine rings is 1. The first-order chi connectivity index (χ1) is 11.3. The van der Waals surface area contributed by atoms with Crippen molar-refractivity contribution in [3.8, 4) is 5.75 Å². The lowest BCUT2D eigenvalue weighted by atomic mass is 9.92. The summed E-state index contributed by atoms with van der Waals surface area (Å²) in [5.41, 5.74) is 1.27. The normalized spacial score (nSPS) is 16.4. The van der Waals surface area contributed by atoms with E-state index in [1.165, 1.54) is 18.0 Å². The Morgan fingerprint density at radius 2 is 2.04 bits per heavy atom. The number of nitrogens with zero attached hydrogens (tertiary/aromatic N) is 2. The van der Waals surface area contributed by atoms with Crippen molar-refractivity contribution in [2.75, 3.05) is 19.7 Å². The SMILES string of the molecule is CCOc1ccc(CN2CCC(C(=O)c3ncco3)CC2)cc1. The highest BCUT2D eigenvalue weighted by molar-refractivity contribution is 5.93. The minimum Gasteiger partial charge on any atom is -0.494 e. The van der Waals surface area contributed by atoms with Gasteiger partial charge in [0.1, 0.15) is 12.0 Å². The molecule has 0 saturated carbocycles. The smallest absolute Gasteiger partial charge is 0.263 e. The molecule has 1 saturated heterocycles. The Labute approximate surface area is 136 Å². The van der Waals surface area contributed by atoms with E-state index in [2.05, 4.69) is 22.0 Å². The molecule has 3 rings (SSSR count). The van der Waals surface area contributed by atoms with Crippen molar-refractivity contribution in [2.45, 2.75) is 26.3 Å². The number of ether oxygens (including phenoxy) is 1. The summed E-state index contributed by atoms with van der Waals surface area (Å²) >= 11 is 0. The van der Waals surface area contributed by atoms with Gasteiger partial charge in [0, 0.05) is 12.5 Å². The van der Waals surface area contributed by atoms with Gasteiger partial charge in [0.05, 0.1) is 12.8 Å². The summed E-state index contributed by atoms with van der Waals surface area (Å²) in [6.07, 6.45) is 4.69. The summed E-state index contributed by atoms with van der Waals surface area (Å²) in [4.78, 5) is 18.6. The highest BCUT2D eigenvalue weighted by atomic mass is 16.5. The number of hydrogen-bond donors (Lipinski definition) is 0. The molecule has 0 amide bonds. The molecule has 0 aliphatic carbocycles. The number of aromatic nitrogens is 1. The first kappa shape index (κ1) is 15.7. The van der Waals surface area contributed by atoms with E-state index in [4.69, 9.17) is 9.15 Å². The van der Waals surface area contributed by atoms with Gasteiger partial charge in [0.25, 0.3) is 5.89 Å². The number of benzene rings is 1. The summed E-state index contributed by atoms with van der Waals surface area (Å²) in [6, 6.07) is 8.24. The summed E-state index contributed by atoms with van der Waals surface area (Å²) in [5.74, 6) is 1.22. The van der Waals surface area contributed by atoms with E-state index in [1.54, 1.807) is 0 Å². The number of rotatable bonds is 6. The topological polar surface area (TPSA) is 55.6 Å². The lowest BCUT2D eigenvalue weighted by Gasteiger charge is -2.30. The van der Waals surface area contributed by atoms with Crippen molar-refractivity contribution in [1.82, 2.24) is 9.88 Å². The van der Waals surface area contributed by atoms with Crippen molar-refractivity contribution in [3.63, 3.8) is 0 Å². The molecule has 0 bridgehead atoms. The molecule has 1 aromatic carbocycles. The van der Waals surface area contributed by atoms with Crippen LogP contribution in [0.1, 0.15) is 36.0 Å². The molecule has 23 heavy (non-hydrogen) atoms. The molecule has 122 valence electrons. The van der Waals surface area contributed by atoms with Crippen LogP contribution in [0.2, 0.25) is 0 Å². The third-order valence-corrected chi connectivity index (χ3v) is 4.24. The van der Waals surface area contributed by atoms with Crippen molar-refractivity contribution in [3.05, 3.63) is 48.2 Å². The number of ketones is 1. The quantitative estimate of drug-likeness (QED) is 0.767. The Kier molecular flexibility index (Phi) is 5.08. The largest absolute Gasteiger partial charge is 0.494 e. The maximum atomic E-state index is 12.2.